The van der Waals surface area contributed by atoms with Crippen LogP contribution < -0.4 is 20.2 Å². The number of rotatable bonds is 11. The number of ether oxygens (including phenoxy) is 2. The van der Waals surface area contributed by atoms with Crippen LogP contribution in [0.2, 0.25) is 5.02 Å². The molecule has 3 N–H and O–H groups in total. The molecule has 0 fully saturated rings. The van der Waals surface area contributed by atoms with E-state index in [9.17, 15) is 23.1 Å². The molecule has 218 valence electrons. The van der Waals surface area contributed by atoms with Crippen LogP contribution in [0.4, 0.5) is 13.2 Å². The highest BCUT2D eigenvalue weighted by Crippen LogP contribution is 2.34. The molecule has 0 radical (unpaired) electrons. The molecule has 0 atom stereocenters. The molecule has 0 aromatic heterocycles. The second-order valence-electron chi connectivity index (χ2n) is 9.16. The molecule has 0 spiro atoms. The van der Waals surface area contributed by atoms with Crippen molar-refractivity contribution in [1.29, 1.82) is 0 Å². The lowest BCUT2D eigenvalue weighted by atomic mass is 9.99. The van der Waals surface area contributed by atoms with Crippen molar-refractivity contribution in [3.63, 3.8) is 0 Å². The quantitative estimate of drug-likeness (QED) is 0.0999. The number of phenolic OH excluding ortho intramolecular Hbond substituents is 1. The number of carbonyl (C=O) groups excluding carboxylic acids is 1. The maximum absolute atomic E-state index is 12.4. The van der Waals surface area contributed by atoms with Crippen molar-refractivity contribution in [2.45, 2.75) is 19.8 Å². The van der Waals surface area contributed by atoms with Gasteiger partial charge in [-0.05, 0) is 71.6 Å². The summed E-state index contributed by atoms with van der Waals surface area (Å²) in [6, 6.07) is 23.3. The Morgan fingerprint density at radius 1 is 1.02 bits per heavy atom. The standard InChI is InChI=1S/C31H27ClF3N3O4/c1-20-15-22(19-37-38-30(40)24-9-12-28(39)27(32)17-24)16-26(23-5-3-2-4-6-23)29(20)41-14-13-36-18-21-7-10-25(11-8-21)42-31(33,34)35/h2-12,15-17,19,36,39H,13-14,18H2,1H3,(H,38,40)/b37-19-. The number of benzene rings is 4. The van der Waals surface area contributed by atoms with Gasteiger partial charge in [0.05, 0.1) is 11.2 Å². The Kier molecular flexibility index (Phi) is 10.1. The van der Waals surface area contributed by atoms with Gasteiger partial charge in [0.25, 0.3) is 5.91 Å². The number of halogens is 4. The molecule has 0 saturated heterocycles. The zero-order valence-electron chi connectivity index (χ0n) is 22.4. The molecule has 0 aliphatic rings. The lowest BCUT2D eigenvalue weighted by Gasteiger charge is -2.16. The number of aryl methyl sites for hydroxylation is 1. The number of carbonyl (C=O) groups is 1. The highest BCUT2D eigenvalue weighted by Gasteiger charge is 2.30. The first-order valence-corrected chi connectivity index (χ1v) is 13.2. The summed E-state index contributed by atoms with van der Waals surface area (Å²) in [6.07, 6.45) is -3.20. The largest absolute Gasteiger partial charge is 0.573 e. The number of alkyl halides is 3. The fraction of sp³-hybridized carbons (Fsp3) is 0.161. The SMILES string of the molecule is Cc1cc(/C=N\NC(=O)c2ccc(O)c(Cl)c2)cc(-c2ccccc2)c1OCCNCc1ccc(OC(F)(F)F)cc1. The predicted molar refractivity (Wildman–Crippen MR) is 155 cm³/mol. The van der Waals surface area contributed by atoms with E-state index in [0.717, 1.165) is 27.8 Å². The molecule has 0 heterocycles. The number of hydrogen-bond donors (Lipinski definition) is 3. The van der Waals surface area contributed by atoms with E-state index in [-0.39, 0.29) is 22.1 Å². The number of nitrogens with one attached hydrogen (secondary N) is 2. The molecule has 0 saturated carbocycles. The molecule has 0 aliphatic carbocycles. The first-order chi connectivity index (χ1) is 20.1. The van der Waals surface area contributed by atoms with Crippen LogP contribution in [0.25, 0.3) is 11.1 Å². The Bertz CT molecular complexity index is 1550. The monoisotopic (exact) mass is 597 g/mol. The molecule has 4 rings (SSSR count). The van der Waals surface area contributed by atoms with Crippen LogP contribution >= 0.6 is 11.6 Å². The molecule has 4 aromatic rings. The average molecular weight is 598 g/mol. The number of nitrogens with zero attached hydrogens (tertiary/aromatic N) is 1. The van der Waals surface area contributed by atoms with E-state index in [1.165, 1.54) is 36.5 Å². The van der Waals surface area contributed by atoms with Crippen LogP contribution in [0.1, 0.15) is 27.0 Å². The van der Waals surface area contributed by atoms with Crippen molar-refractivity contribution >= 4 is 23.7 Å². The molecule has 4 aromatic carbocycles. The lowest BCUT2D eigenvalue weighted by molar-refractivity contribution is -0.274. The number of hydrogen-bond acceptors (Lipinski definition) is 6. The zero-order chi connectivity index (χ0) is 30.1. The Labute approximate surface area is 245 Å². The van der Waals surface area contributed by atoms with Gasteiger partial charge in [0.2, 0.25) is 0 Å². The second-order valence-corrected chi connectivity index (χ2v) is 9.57. The molecular formula is C31H27ClF3N3O4. The van der Waals surface area contributed by atoms with Crippen molar-refractivity contribution in [2.24, 2.45) is 5.10 Å². The smallest absolute Gasteiger partial charge is 0.506 e. The van der Waals surface area contributed by atoms with Crippen LogP contribution in [0, 0.1) is 6.92 Å². The van der Waals surface area contributed by atoms with E-state index in [4.69, 9.17) is 16.3 Å². The van der Waals surface area contributed by atoms with Crippen molar-refractivity contribution in [3.8, 4) is 28.4 Å². The minimum absolute atomic E-state index is 0.0640. The summed E-state index contributed by atoms with van der Waals surface area (Å²) in [5.74, 6) is -0.175. The molecule has 11 heteroatoms. The van der Waals surface area contributed by atoms with Gasteiger partial charge in [-0.3, -0.25) is 4.79 Å². The molecule has 0 aliphatic heterocycles. The van der Waals surface area contributed by atoms with Crippen LogP contribution in [-0.4, -0.2) is 36.7 Å². The van der Waals surface area contributed by atoms with Gasteiger partial charge in [-0.2, -0.15) is 5.10 Å². The Morgan fingerprint density at radius 3 is 2.45 bits per heavy atom. The van der Waals surface area contributed by atoms with Crippen molar-refractivity contribution in [1.82, 2.24) is 10.7 Å². The predicted octanol–water partition coefficient (Wildman–Crippen LogP) is 6.85. The highest BCUT2D eigenvalue weighted by molar-refractivity contribution is 6.32. The van der Waals surface area contributed by atoms with Gasteiger partial charge in [-0.1, -0.05) is 54.1 Å². The van der Waals surface area contributed by atoms with E-state index in [2.05, 4.69) is 20.6 Å². The van der Waals surface area contributed by atoms with Crippen LogP contribution in [0.3, 0.4) is 0 Å². The van der Waals surface area contributed by atoms with Crippen molar-refractivity contribution < 1.29 is 32.5 Å². The molecular weight excluding hydrogens is 571 g/mol. The minimum Gasteiger partial charge on any atom is -0.506 e. The normalized spacial score (nSPS) is 11.5. The van der Waals surface area contributed by atoms with Crippen LogP contribution in [0.5, 0.6) is 17.2 Å². The molecule has 42 heavy (non-hydrogen) atoms. The second kappa shape index (κ2) is 13.9. The topological polar surface area (TPSA) is 92.2 Å². The summed E-state index contributed by atoms with van der Waals surface area (Å²) in [5, 5.41) is 16.9. The van der Waals surface area contributed by atoms with Gasteiger partial charge in [0, 0.05) is 24.2 Å². The van der Waals surface area contributed by atoms with Crippen molar-refractivity contribution in [2.75, 3.05) is 13.2 Å². The molecule has 1 amide bonds. The maximum atomic E-state index is 12.4. The fourth-order valence-electron chi connectivity index (χ4n) is 4.05. The first kappa shape index (κ1) is 30.4. The Hall–Kier alpha value is -4.54. The van der Waals surface area contributed by atoms with Crippen molar-refractivity contribution in [3.05, 3.63) is 112 Å². The number of hydrazone groups is 1. The van der Waals surface area contributed by atoms with E-state index in [1.807, 2.05) is 49.4 Å². The average Bonchev–Trinajstić information content (AvgIpc) is 2.95. The Balaban J connectivity index is 1.39. The van der Waals surface area contributed by atoms with Crippen LogP contribution in [-0.2, 0) is 6.54 Å². The van der Waals surface area contributed by atoms with E-state index in [0.29, 0.717) is 25.4 Å². The third-order valence-corrected chi connectivity index (χ3v) is 6.29. The molecule has 0 unspecified atom stereocenters. The Morgan fingerprint density at radius 2 is 1.76 bits per heavy atom. The summed E-state index contributed by atoms with van der Waals surface area (Å²) >= 11 is 5.88. The number of amides is 1. The summed E-state index contributed by atoms with van der Waals surface area (Å²) in [7, 11) is 0. The summed E-state index contributed by atoms with van der Waals surface area (Å²) in [6.45, 7) is 3.19. The number of aromatic hydroxyl groups is 1. The minimum atomic E-state index is -4.72. The maximum Gasteiger partial charge on any atom is 0.573 e. The summed E-state index contributed by atoms with van der Waals surface area (Å²) in [5.41, 5.74) is 6.87. The highest BCUT2D eigenvalue weighted by atomic mass is 35.5. The zero-order valence-corrected chi connectivity index (χ0v) is 23.2. The summed E-state index contributed by atoms with van der Waals surface area (Å²) < 4.78 is 47.1. The van der Waals surface area contributed by atoms with Gasteiger partial charge in [-0.15, -0.1) is 13.2 Å². The fourth-order valence-corrected chi connectivity index (χ4v) is 4.23. The first-order valence-electron chi connectivity index (χ1n) is 12.8. The van der Waals surface area contributed by atoms with E-state index >= 15 is 0 Å². The van der Waals surface area contributed by atoms with Gasteiger partial charge in [0.15, 0.2) is 0 Å². The van der Waals surface area contributed by atoms with Gasteiger partial charge in [-0.25, -0.2) is 5.43 Å². The molecule has 7 nitrogen and oxygen atoms in total. The van der Waals surface area contributed by atoms with Gasteiger partial charge < -0.3 is 19.9 Å². The van der Waals surface area contributed by atoms with E-state index < -0.39 is 12.3 Å². The third kappa shape index (κ3) is 8.73. The summed E-state index contributed by atoms with van der Waals surface area (Å²) in [4.78, 5) is 12.4. The van der Waals surface area contributed by atoms with E-state index in [1.54, 1.807) is 12.1 Å². The van der Waals surface area contributed by atoms with Gasteiger partial charge in [0.1, 0.15) is 23.9 Å². The number of phenols is 1. The van der Waals surface area contributed by atoms with Crippen LogP contribution in [0.15, 0.2) is 90.0 Å². The third-order valence-electron chi connectivity index (χ3n) is 5.98. The van der Waals surface area contributed by atoms with Gasteiger partial charge >= 0.3 is 6.36 Å². The lowest BCUT2D eigenvalue weighted by Crippen LogP contribution is -2.21. The molecule has 0 bridgehead atoms.